The third kappa shape index (κ3) is 36.9. The normalized spacial score (nSPS) is 14.2. The fraction of sp³-hybridized carbons (Fsp3) is 0.833. The summed E-state index contributed by atoms with van der Waals surface area (Å²) in [6.07, 6.45) is 37.9. The molecular weight excluding hydrogens is 709 g/mol. The first-order chi connectivity index (χ1) is 26.6. The molecule has 0 aromatic carbocycles. The number of ether oxygens (including phenoxy) is 2. The van der Waals surface area contributed by atoms with E-state index in [0.29, 0.717) is 12.8 Å². The number of phosphoric acid groups is 1. The van der Waals surface area contributed by atoms with Crippen LogP contribution in [0.5, 0.6) is 0 Å². The first-order valence-corrected chi connectivity index (χ1v) is 22.8. The van der Waals surface area contributed by atoms with Crippen molar-refractivity contribution in [3.63, 3.8) is 0 Å². The highest BCUT2D eigenvalue weighted by atomic mass is 31.2. The van der Waals surface area contributed by atoms with E-state index in [4.69, 9.17) is 25.0 Å². The maximum absolute atomic E-state index is 12.6. The number of carbonyl (C=O) groups is 3. The van der Waals surface area contributed by atoms with Crippen LogP contribution in [0.3, 0.4) is 0 Å². The monoisotopic (exact) mass is 789 g/mol. The summed E-state index contributed by atoms with van der Waals surface area (Å²) >= 11 is 0. The van der Waals surface area contributed by atoms with Crippen molar-refractivity contribution >= 4 is 25.7 Å². The molecule has 1 unspecified atom stereocenters. The molecule has 0 saturated heterocycles. The average Bonchev–Trinajstić information content (AvgIpc) is 3.16. The van der Waals surface area contributed by atoms with Gasteiger partial charge < -0.3 is 25.2 Å². The Hall–Kier alpha value is -2.04. The van der Waals surface area contributed by atoms with E-state index in [1.54, 1.807) is 5.73 Å². The van der Waals surface area contributed by atoms with Gasteiger partial charge in [0.25, 0.3) is 0 Å². The molecule has 0 saturated carbocycles. The zero-order valence-corrected chi connectivity index (χ0v) is 34.9. The molecule has 0 bridgehead atoms. The van der Waals surface area contributed by atoms with Crippen LogP contribution in [0.1, 0.15) is 194 Å². The summed E-state index contributed by atoms with van der Waals surface area (Å²) in [7, 11) is -4.77. The van der Waals surface area contributed by atoms with Gasteiger partial charge in [0.15, 0.2) is 6.10 Å². The molecule has 0 aliphatic heterocycles. The smallest absolute Gasteiger partial charge is 0.472 e. The van der Waals surface area contributed by atoms with Gasteiger partial charge in [-0.25, -0.2) is 4.57 Å². The van der Waals surface area contributed by atoms with Crippen LogP contribution < -0.4 is 5.73 Å². The minimum Gasteiger partial charge on any atom is -0.480 e. The second-order valence-electron chi connectivity index (χ2n) is 14.4. The largest absolute Gasteiger partial charge is 0.480 e. The fourth-order valence-corrected chi connectivity index (χ4v) is 6.52. The van der Waals surface area contributed by atoms with E-state index in [-0.39, 0.29) is 19.4 Å². The number of esters is 2. The number of aliphatic carboxylic acids is 1. The first-order valence-electron chi connectivity index (χ1n) is 21.8. The highest BCUT2D eigenvalue weighted by Gasteiger charge is 2.28. The van der Waals surface area contributed by atoms with Crippen molar-refractivity contribution in [2.45, 2.75) is 206 Å². The molecule has 0 aromatic heterocycles. The Morgan fingerprint density at radius 3 is 1.41 bits per heavy atom. The van der Waals surface area contributed by atoms with Crippen molar-refractivity contribution in [2.24, 2.45) is 5.73 Å². The lowest BCUT2D eigenvalue weighted by Crippen LogP contribution is -2.34. The number of phosphoric ester groups is 1. The van der Waals surface area contributed by atoms with Gasteiger partial charge in [0, 0.05) is 12.8 Å². The third-order valence-electron chi connectivity index (χ3n) is 9.14. The van der Waals surface area contributed by atoms with Crippen LogP contribution in [0.4, 0.5) is 0 Å². The van der Waals surface area contributed by atoms with Gasteiger partial charge in [0.05, 0.1) is 13.2 Å². The van der Waals surface area contributed by atoms with Crippen molar-refractivity contribution in [1.82, 2.24) is 0 Å². The Labute approximate surface area is 329 Å². The van der Waals surface area contributed by atoms with Gasteiger partial charge in [-0.3, -0.25) is 23.4 Å². The minimum absolute atomic E-state index is 0.139. The molecular formula is C42H78NO10P. The molecule has 0 aromatic rings. The van der Waals surface area contributed by atoms with Crippen molar-refractivity contribution < 1.29 is 48.9 Å². The van der Waals surface area contributed by atoms with Crippen LogP contribution in [-0.2, 0) is 37.5 Å². The predicted octanol–water partition coefficient (Wildman–Crippen LogP) is 11.1. The van der Waals surface area contributed by atoms with Crippen LogP contribution >= 0.6 is 7.82 Å². The van der Waals surface area contributed by atoms with Crippen LogP contribution in [0.2, 0.25) is 1.41 Å². The topological polar surface area (TPSA) is 172 Å². The fourth-order valence-electron chi connectivity index (χ4n) is 5.75. The van der Waals surface area contributed by atoms with Gasteiger partial charge in [-0.15, -0.1) is 0 Å². The number of unbranched alkanes of at least 4 members (excludes halogenated alkanes) is 22. The number of hydrogen-bond acceptors (Lipinski definition) is 9. The Bertz CT molecular complexity index is 1040. The first kappa shape index (κ1) is 50.0. The molecule has 12 heteroatoms. The lowest BCUT2D eigenvalue weighted by atomic mass is 10.1. The molecule has 0 spiro atoms. The van der Waals surface area contributed by atoms with Gasteiger partial charge in [-0.05, 0) is 64.2 Å². The minimum atomic E-state index is -4.77. The number of carbonyl (C=O) groups excluding carboxylic acids is 2. The molecule has 0 radical (unpaired) electrons. The number of carboxylic acids is 1. The van der Waals surface area contributed by atoms with Crippen molar-refractivity contribution in [1.29, 1.82) is 0 Å². The number of hydrogen-bond donors (Lipinski definition) is 3. The number of rotatable bonds is 41. The Balaban J connectivity index is 4.46. The van der Waals surface area contributed by atoms with Gasteiger partial charge in [0.1, 0.15) is 14.1 Å². The molecule has 4 N–H and O–H groups in total. The molecule has 0 aliphatic rings. The van der Waals surface area contributed by atoms with Gasteiger partial charge in [-0.2, -0.15) is 0 Å². The Morgan fingerprint density at radius 1 is 0.593 bits per heavy atom. The van der Waals surface area contributed by atoms with Crippen LogP contribution in [-0.4, -0.2) is 59.9 Å². The third-order valence-corrected chi connectivity index (χ3v) is 10.1. The summed E-state index contributed by atoms with van der Waals surface area (Å²) in [4.78, 5) is 46.2. The van der Waals surface area contributed by atoms with Gasteiger partial charge in [-0.1, -0.05) is 141 Å². The summed E-state index contributed by atoms with van der Waals surface area (Å²) in [5.74, 6) is -2.46. The lowest BCUT2D eigenvalue weighted by molar-refractivity contribution is -0.161. The molecule has 0 heterocycles. The zero-order valence-electron chi connectivity index (χ0n) is 35.0. The van der Waals surface area contributed by atoms with E-state index in [2.05, 4.69) is 38.2 Å². The van der Waals surface area contributed by atoms with Crippen molar-refractivity contribution in [3.8, 4) is 0 Å². The standard InChI is InChI=1S/C42H78NO10P/c1-3-5-7-9-11-13-15-17-19-21-23-25-27-29-31-33-40(44)50-35-38(36-51-54(48,49)52-37-39(43)42(46)47)53-41(45)34-32-30-28-26-24-22-20-18-16-14-12-10-8-6-4-2/h17-20,38-39H,3-16,21-37,43H2,1-2H3,(H,46,47)(H,48,49)/b19-17-,20-18-/t38-,39+/m1/s1/i/hD. The second kappa shape index (κ2) is 37.9. The van der Waals surface area contributed by atoms with E-state index < -0.39 is 51.1 Å². The van der Waals surface area contributed by atoms with E-state index >= 15 is 0 Å². The van der Waals surface area contributed by atoms with Crippen molar-refractivity contribution in [3.05, 3.63) is 24.3 Å². The van der Waals surface area contributed by atoms with E-state index in [1.807, 2.05) is 0 Å². The summed E-state index contributed by atoms with van der Waals surface area (Å²) in [6, 6.07) is -1.55. The number of nitrogens with two attached hydrogens (primary N) is 1. The molecule has 0 fully saturated rings. The molecule has 0 aliphatic carbocycles. The molecule has 0 rings (SSSR count). The second-order valence-corrected chi connectivity index (χ2v) is 15.9. The van der Waals surface area contributed by atoms with Gasteiger partial charge >= 0.3 is 25.7 Å². The van der Waals surface area contributed by atoms with Crippen LogP contribution in [0.25, 0.3) is 0 Å². The maximum Gasteiger partial charge on any atom is 0.472 e. The van der Waals surface area contributed by atoms with Crippen molar-refractivity contribution in [2.75, 3.05) is 19.8 Å². The highest BCUT2D eigenvalue weighted by molar-refractivity contribution is 7.47. The average molecular weight is 789 g/mol. The molecule has 3 atom stereocenters. The number of carboxylic acid groups (broad SMARTS) is 1. The molecule has 0 amide bonds. The zero-order chi connectivity index (χ0) is 40.7. The maximum atomic E-state index is 12.6. The van der Waals surface area contributed by atoms with E-state index in [0.717, 1.165) is 77.0 Å². The van der Waals surface area contributed by atoms with E-state index in [1.165, 1.54) is 77.0 Å². The van der Waals surface area contributed by atoms with Gasteiger partial charge in [0.2, 0.25) is 0 Å². The van der Waals surface area contributed by atoms with Crippen LogP contribution in [0.15, 0.2) is 24.3 Å². The summed E-state index contributed by atoms with van der Waals surface area (Å²) in [5.41, 5.74) is 1.70. The number of allylic oxidation sites excluding steroid dienone is 4. The van der Waals surface area contributed by atoms with Crippen LogP contribution in [0, 0.1) is 0 Å². The quantitative estimate of drug-likeness (QED) is 0.0233. The summed E-state index contributed by atoms with van der Waals surface area (Å²) in [5, 5.41) is 9.01. The summed E-state index contributed by atoms with van der Waals surface area (Å²) in [6.45, 7) is 2.68. The highest BCUT2D eigenvalue weighted by Crippen LogP contribution is 2.43. The molecule has 316 valence electrons. The molecule has 11 nitrogen and oxygen atoms in total. The summed E-state index contributed by atoms with van der Waals surface area (Å²) < 4.78 is 39.8. The van der Waals surface area contributed by atoms with E-state index in [9.17, 15) is 23.8 Å². The molecule has 54 heavy (non-hydrogen) atoms. The lowest BCUT2D eigenvalue weighted by Gasteiger charge is -2.20. The Morgan fingerprint density at radius 2 is 0.981 bits per heavy atom. The SMILES string of the molecule is [2H]N[C@@H](COP(=O)(O)OC[C@@H](COC(=O)CCCCCCC/C=C\CCCCCCCC)OC(=O)CCCCCCC/C=C\CCCCCCCC)C(=O)O. The Kier molecular flexibility index (Phi) is 35.0. The predicted molar refractivity (Wildman–Crippen MR) is 217 cm³/mol.